The van der Waals surface area contributed by atoms with E-state index in [-0.39, 0.29) is 29.3 Å². The topological polar surface area (TPSA) is 67.6 Å². The highest BCUT2D eigenvalue weighted by molar-refractivity contribution is 5.85. The van der Waals surface area contributed by atoms with Gasteiger partial charge in [-0.3, -0.25) is 15.0 Å². The van der Waals surface area contributed by atoms with Crippen LogP contribution in [0.4, 0.5) is 14.5 Å². The number of halogens is 3. The fraction of sp³-hybridized carbons (Fsp3) is 0.625. The molecule has 1 spiro atoms. The van der Waals surface area contributed by atoms with E-state index >= 15 is 0 Å². The molecule has 0 aromatic heterocycles. The van der Waals surface area contributed by atoms with Gasteiger partial charge in [0.1, 0.15) is 5.75 Å². The van der Waals surface area contributed by atoms with Crippen molar-refractivity contribution in [1.82, 2.24) is 10.2 Å². The number of nitro groups is 1. The second kappa shape index (κ2) is 8.25. The van der Waals surface area contributed by atoms with Crippen LogP contribution in [0.3, 0.4) is 0 Å². The summed E-state index contributed by atoms with van der Waals surface area (Å²) in [7, 11) is 0. The maximum atomic E-state index is 12.6. The fourth-order valence-electron chi connectivity index (χ4n) is 3.78. The van der Waals surface area contributed by atoms with E-state index < -0.39 is 11.5 Å². The third-order valence-corrected chi connectivity index (χ3v) is 5.05. The number of rotatable bonds is 5. The van der Waals surface area contributed by atoms with Gasteiger partial charge in [-0.05, 0) is 50.4 Å². The second-order valence-electron chi connectivity index (χ2n) is 6.64. The molecule has 140 valence electrons. The second-order valence-corrected chi connectivity index (χ2v) is 6.64. The lowest BCUT2D eigenvalue weighted by atomic mass is 9.78. The minimum Gasteiger partial charge on any atom is -0.434 e. The molecule has 0 atom stereocenters. The first-order chi connectivity index (χ1) is 11.5. The number of benzene rings is 1. The number of piperidine rings is 1. The van der Waals surface area contributed by atoms with Gasteiger partial charge in [0.25, 0.3) is 5.69 Å². The Labute approximate surface area is 151 Å². The molecule has 25 heavy (non-hydrogen) atoms. The number of alkyl halides is 2. The van der Waals surface area contributed by atoms with E-state index in [2.05, 4.69) is 15.0 Å². The van der Waals surface area contributed by atoms with E-state index in [1.165, 1.54) is 18.2 Å². The third kappa shape index (κ3) is 4.77. The number of nitro benzene ring substituents is 1. The van der Waals surface area contributed by atoms with Crippen molar-refractivity contribution in [3.05, 3.63) is 33.9 Å². The smallest absolute Gasteiger partial charge is 0.387 e. The summed E-state index contributed by atoms with van der Waals surface area (Å²) in [5.74, 6) is 0.0156. The average Bonchev–Trinajstić information content (AvgIpc) is 2.91. The van der Waals surface area contributed by atoms with E-state index in [1.807, 2.05) is 0 Å². The van der Waals surface area contributed by atoms with Crippen LogP contribution in [0.1, 0.15) is 24.8 Å². The minimum absolute atomic E-state index is 0. The van der Waals surface area contributed by atoms with Crippen molar-refractivity contribution in [2.45, 2.75) is 32.4 Å². The van der Waals surface area contributed by atoms with Gasteiger partial charge in [0.2, 0.25) is 0 Å². The number of nitrogens with zero attached hydrogens (tertiary/aromatic N) is 2. The van der Waals surface area contributed by atoms with Gasteiger partial charge in [-0.2, -0.15) is 8.78 Å². The van der Waals surface area contributed by atoms with Crippen LogP contribution in [0.15, 0.2) is 18.2 Å². The molecule has 1 N–H and O–H groups in total. The Morgan fingerprint density at radius 3 is 2.68 bits per heavy atom. The van der Waals surface area contributed by atoms with Crippen molar-refractivity contribution in [3.8, 4) is 5.75 Å². The number of likely N-dealkylation sites (tertiary alicyclic amines) is 1. The lowest BCUT2D eigenvalue weighted by Gasteiger charge is -2.34. The van der Waals surface area contributed by atoms with Crippen LogP contribution in [0.2, 0.25) is 0 Å². The lowest BCUT2D eigenvalue weighted by Crippen LogP contribution is -2.38. The van der Waals surface area contributed by atoms with Crippen LogP contribution in [-0.2, 0) is 6.54 Å². The quantitative estimate of drug-likeness (QED) is 0.630. The molecular formula is C16H22ClF2N3O3. The average molecular weight is 378 g/mol. The first-order valence-corrected chi connectivity index (χ1v) is 8.13. The lowest BCUT2D eigenvalue weighted by molar-refractivity contribution is -0.385. The summed E-state index contributed by atoms with van der Waals surface area (Å²) < 4.78 is 29.7. The largest absolute Gasteiger partial charge is 0.434 e. The van der Waals surface area contributed by atoms with E-state index in [0.717, 1.165) is 45.4 Å². The van der Waals surface area contributed by atoms with E-state index in [4.69, 9.17) is 0 Å². The Kier molecular flexibility index (Phi) is 6.53. The van der Waals surface area contributed by atoms with Crippen LogP contribution in [-0.4, -0.2) is 42.6 Å². The van der Waals surface area contributed by atoms with Gasteiger partial charge in [0.05, 0.1) is 4.92 Å². The molecule has 3 rings (SSSR count). The van der Waals surface area contributed by atoms with Gasteiger partial charge in [-0.15, -0.1) is 12.4 Å². The predicted octanol–water partition coefficient (Wildman–Crippen LogP) is 3.19. The number of hydrogen-bond donors (Lipinski definition) is 1. The number of ether oxygens (including phenoxy) is 1. The standard InChI is InChI=1S/C16H21F2N3O3.ClH/c17-15(18)24-14-2-1-13(21(22)23)9-12(14)10-20-8-5-16(11-20)3-6-19-7-4-16;/h1-2,9,15,19H,3-8,10-11H2;1H. The SMILES string of the molecule is Cl.O=[N+]([O-])c1ccc(OC(F)F)c(CN2CCC3(CCNCC3)C2)c1. The fourth-order valence-corrected chi connectivity index (χ4v) is 3.78. The van der Waals surface area contributed by atoms with Gasteiger partial charge in [-0.1, -0.05) is 0 Å². The normalized spacial score (nSPS) is 19.8. The highest BCUT2D eigenvalue weighted by Crippen LogP contribution is 2.39. The molecule has 0 amide bonds. The molecule has 0 unspecified atom stereocenters. The molecule has 9 heteroatoms. The molecule has 2 heterocycles. The molecule has 2 aliphatic rings. The Hall–Kier alpha value is -1.51. The van der Waals surface area contributed by atoms with Crippen LogP contribution >= 0.6 is 12.4 Å². The molecule has 6 nitrogen and oxygen atoms in total. The Morgan fingerprint density at radius 1 is 1.32 bits per heavy atom. The molecule has 1 aromatic rings. The van der Waals surface area contributed by atoms with Crippen molar-refractivity contribution in [2.75, 3.05) is 26.2 Å². The van der Waals surface area contributed by atoms with Crippen LogP contribution in [0, 0.1) is 15.5 Å². The maximum Gasteiger partial charge on any atom is 0.387 e. The zero-order valence-electron chi connectivity index (χ0n) is 13.7. The summed E-state index contributed by atoms with van der Waals surface area (Å²) in [4.78, 5) is 12.6. The van der Waals surface area contributed by atoms with E-state index in [9.17, 15) is 18.9 Å². The van der Waals surface area contributed by atoms with Gasteiger partial charge in [0, 0.05) is 30.8 Å². The summed E-state index contributed by atoms with van der Waals surface area (Å²) in [5, 5.41) is 14.3. The van der Waals surface area contributed by atoms with Gasteiger partial charge < -0.3 is 10.1 Å². The first kappa shape index (κ1) is 19.8. The van der Waals surface area contributed by atoms with Crippen molar-refractivity contribution < 1.29 is 18.4 Å². The molecule has 2 aliphatic heterocycles. The number of nitrogens with one attached hydrogen (secondary N) is 1. The minimum atomic E-state index is -2.94. The third-order valence-electron chi connectivity index (χ3n) is 5.05. The Balaban J connectivity index is 0.00000225. The summed E-state index contributed by atoms with van der Waals surface area (Å²) in [6, 6.07) is 3.79. The zero-order valence-corrected chi connectivity index (χ0v) is 14.6. The summed E-state index contributed by atoms with van der Waals surface area (Å²) >= 11 is 0. The highest BCUT2D eigenvalue weighted by Gasteiger charge is 2.38. The summed E-state index contributed by atoms with van der Waals surface area (Å²) in [5.41, 5.74) is 0.619. The molecule has 1 aromatic carbocycles. The van der Waals surface area contributed by atoms with Crippen LogP contribution < -0.4 is 10.1 Å². The molecule has 0 bridgehead atoms. The molecular weight excluding hydrogens is 356 g/mol. The van der Waals surface area contributed by atoms with Gasteiger partial charge in [-0.25, -0.2) is 0 Å². The van der Waals surface area contributed by atoms with E-state index in [0.29, 0.717) is 12.1 Å². The number of non-ortho nitro benzene ring substituents is 1. The van der Waals surface area contributed by atoms with E-state index in [1.54, 1.807) is 0 Å². The van der Waals surface area contributed by atoms with Crippen molar-refractivity contribution in [3.63, 3.8) is 0 Å². The highest BCUT2D eigenvalue weighted by atomic mass is 35.5. The van der Waals surface area contributed by atoms with Crippen LogP contribution in [0.5, 0.6) is 5.75 Å². The van der Waals surface area contributed by atoms with Gasteiger partial charge >= 0.3 is 6.61 Å². The molecule has 0 saturated carbocycles. The summed E-state index contributed by atoms with van der Waals surface area (Å²) in [6.45, 7) is 1.22. The molecule has 2 fully saturated rings. The van der Waals surface area contributed by atoms with Crippen LogP contribution in [0.25, 0.3) is 0 Å². The molecule has 0 aliphatic carbocycles. The zero-order chi connectivity index (χ0) is 17.2. The maximum absolute atomic E-state index is 12.6. The Bertz CT molecular complexity index is 612. The summed E-state index contributed by atoms with van der Waals surface area (Å²) in [6.07, 6.45) is 3.30. The molecule has 0 radical (unpaired) electrons. The predicted molar refractivity (Wildman–Crippen MR) is 91.4 cm³/mol. The van der Waals surface area contributed by atoms with Crippen molar-refractivity contribution in [2.24, 2.45) is 5.41 Å². The molecule has 2 saturated heterocycles. The van der Waals surface area contributed by atoms with Crippen molar-refractivity contribution >= 4 is 18.1 Å². The first-order valence-electron chi connectivity index (χ1n) is 8.13. The Morgan fingerprint density at radius 2 is 2.04 bits per heavy atom. The van der Waals surface area contributed by atoms with Gasteiger partial charge in [0.15, 0.2) is 0 Å². The number of hydrogen-bond acceptors (Lipinski definition) is 5. The van der Waals surface area contributed by atoms with Crippen molar-refractivity contribution in [1.29, 1.82) is 0 Å². The monoisotopic (exact) mass is 377 g/mol.